The Morgan fingerprint density at radius 2 is 1.80 bits per heavy atom. The van der Waals surface area contributed by atoms with E-state index in [-0.39, 0.29) is 5.69 Å². The lowest BCUT2D eigenvalue weighted by Gasteiger charge is -2.38. The summed E-state index contributed by atoms with van der Waals surface area (Å²) in [6.07, 6.45) is 2.07. The molecule has 1 saturated heterocycles. The Hall–Kier alpha value is -1.86. The molecule has 1 heterocycles. The predicted octanol–water partition coefficient (Wildman–Crippen LogP) is 4.21. The fourth-order valence-corrected chi connectivity index (χ4v) is 3.74. The van der Waals surface area contributed by atoms with Crippen LogP contribution in [0.5, 0.6) is 0 Å². The van der Waals surface area contributed by atoms with Crippen molar-refractivity contribution in [3.05, 3.63) is 54.1 Å². The highest BCUT2D eigenvalue weighted by atomic mass is 32.2. The van der Waals surface area contributed by atoms with Crippen molar-refractivity contribution in [3.63, 3.8) is 0 Å². The van der Waals surface area contributed by atoms with E-state index in [1.165, 1.54) is 10.6 Å². The summed E-state index contributed by atoms with van der Waals surface area (Å²) in [7, 11) is 0. The average molecular weight is 380 g/mol. The minimum atomic E-state index is -0.517. The third-order valence-electron chi connectivity index (χ3n) is 4.16. The van der Waals surface area contributed by atoms with E-state index >= 15 is 0 Å². The maximum atomic E-state index is 13.7. The van der Waals surface area contributed by atoms with Crippen LogP contribution in [0.3, 0.4) is 0 Å². The molecule has 0 spiro atoms. The van der Waals surface area contributed by atoms with Crippen molar-refractivity contribution in [2.45, 2.75) is 4.90 Å². The molecule has 0 aromatic heterocycles. The number of thioether (sulfide) groups is 1. The number of halogens is 2. The second-order valence-corrected chi connectivity index (χ2v) is 6.94. The number of benzene rings is 2. The van der Waals surface area contributed by atoms with E-state index < -0.39 is 11.6 Å². The van der Waals surface area contributed by atoms with Gasteiger partial charge in [0.25, 0.3) is 0 Å². The van der Waals surface area contributed by atoms with Crippen LogP contribution < -0.4 is 10.2 Å². The summed E-state index contributed by atoms with van der Waals surface area (Å²) < 4.78 is 27.0. The number of hydrogen-bond acceptors (Lipinski definition) is 3. The van der Waals surface area contributed by atoms with Gasteiger partial charge in [0.1, 0.15) is 11.6 Å². The third kappa shape index (κ3) is 4.22. The summed E-state index contributed by atoms with van der Waals surface area (Å²) in [6.45, 7) is 3.10. The lowest BCUT2D eigenvalue weighted by atomic mass is 10.2. The Morgan fingerprint density at radius 1 is 1.08 bits per heavy atom. The molecule has 0 bridgehead atoms. The molecule has 1 fully saturated rings. The zero-order valence-corrected chi connectivity index (χ0v) is 15.5. The van der Waals surface area contributed by atoms with Gasteiger partial charge < -0.3 is 15.1 Å². The SMILES string of the molecule is CSc1ccccc1N1CCN(C(=S)Nc2cc(F)ccc2F)CC1. The molecule has 0 atom stereocenters. The van der Waals surface area contributed by atoms with Crippen LogP contribution in [-0.4, -0.2) is 42.4 Å². The van der Waals surface area contributed by atoms with Crippen LogP contribution in [0.15, 0.2) is 47.4 Å². The number of nitrogens with one attached hydrogen (secondary N) is 1. The fourth-order valence-electron chi connectivity index (χ4n) is 2.83. The first-order valence-corrected chi connectivity index (χ1v) is 9.60. The van der Waals surface area contributed by atoms with Gasteiger partial charge in [-0.2, -0.15) is 0 Å². The van der Waals surface area contributed by atoms with E-state index in [2.05, 4.69) is 28.6 Å². The van der Waals surface area contributed by atoms with Crippen LogP contribution >= 0.6 is 24.0 Å². The van der Waals surface area contributed by atoms with Crippen LogP contribution in [0.1, 0.15) is 0 Å². The van der Waals surface area contributed by atoms with Gasteiger partial charge in [0, 0.05) is 37.1 Å². The normalized spacial score (nSPS) is 14.5. The second kappa shape index (κ2) is 8.01. The van der Waals surface area contributed by atoms with Crippen LogP contribution in [0, 0.1) is 11.6 Å². The Morgan fingerprint density at radius 3 is 2.52 bits per heavy atom. The van der Waals surface area contributed by atoms with E-state index in [1.807, 2.05) is 17.0 Å². The summed E-state index contributed by atoms with van der Waals surface area (Å²) in [5, 5.41) is 3.24. The molecule has 0 unspecified atom stereocenters. The minimum absolute atomic E-state index is 0.0696. The highest BCUT2D eigenvalue weighted by Gasteiger charge is 2.21. The van der Waals surface area contributed by atoms with Crippen molar-refractivity contribution < 1.29 is 8.78 Å². The summed E-state index contributed by atoms with van der Waals surface area (Å²) in [5.74, 6) is -1.01. The van der Waals surface area contributed by atoms with E-state index in [1.54, 1.807) is 11.8 Å². The number of piperazine rings is 1. The molecule has 25 heavy (non-hydrogen) atoms. The van der Waals surface area contributed by atoms with Gasteiger partial charge in [-0.3, -0.25) is 0 Å². The average Bonchev–Trinajstić information content (AvgIpc) is 2.64. The summed E-state index contributed by atoms with van der Waals surface area (Å²) in [5.41, 5.74) is 1.30. The van der Waals surface area contributed by atoms with Gasteiger partial charge in [0.2, 0.25) is 0 Å². The summed E-state index contributed by atoms with van der Waals surface area (Å²) in [6, 6.07) is 11.6. The maximum absolute atomic E-state index is 13.7. The van der Waals surface area contributed by atoms with E-state index in [0.29, 0.717) is 5.11 Å². The van der Waals surface area contributed by atoms with Crippen LogP contribution in [0.4, 0.5) is 20.2 Å². The van der Waals surface area contributed by atoms with Gasteiger partial charge in [-0.25, -0.2) is 8.78 Å². The molecule has 7 heteroatoms. The zero-order valence-electron chi connectivity index (χ0n) is 13.8. The molecule has 1 aliphatic heterocycles. The van der Waals surface area contributed by atoms with E-state index in [0.717, 1.165) is 44.4 Å². The molecule has 0 amide bonds. The molecule has 3 rings (SSSR count). The minimum Gasteiger partial charge on any atom is -0.367 e. The van der Waals surface area contributed by atoms with Crippen LogP contribution in [0.2, 0.25) is 0 Å². The molecule has 2 aromatic rings. The lowest BCUT2D eigenvalue weighted by Crippen LogP contribution is -2.50. The first-order chi connectivity index (χ1) is 12.1. The number of rotatable bonds is 3. The smallest absolute Gasteiger partial charge is 0.173 e. The first kappa shape index (κ1) is 17.9. The van der Waals surface area contributed by atoms with E-state index in [4.69, 9.17) is 12.2 Å². The highest BCUT2D eigenvalue weighted by Crippen LogP contribution is 2.29. The van der Waals surface area contributed by atoms with Crippen molar-refractivity contribution in [2.75, 3.05) is 42.7 Å². The number of para-hydroxylation sites is 1. The van der Waals surface area contributed by atoms with Crippen molar-refractivity contribution in [3.8, 4) is 0 Å². The van der Waals surface area contributed by atoms with E-state index in [9.17, 15) is 8.78 Å². The third-order valence-corrected chi connectivity index (χ3v) is 5.31. The summed E-state index contributed by atoms with van der Waals surface area (Å²) >= 11 is 7.10. The number of hydrogen-bond donors (Lipinski definition) is 1. The molecule has 0 aliphatic carbocycles. The topological polar surface area (TPSA) is 18.5 Å². The van der Waals surface area contributed by atoms with Gasteiger partial charge in [0.15, 0.2) is 5.11 Å². The van der Waals surface area contributed by atoms with Crippen molar-refractivity contribution in [1.29, 1.82) is 0 Å². The Bertz CT molecular complexity index is 762. The Labute approximate surface area is 156 Å². The second-order valence-electron chi connectivity index (χ2n) is 5.70. The molecule has 3 nitrogen and oxygen atoms in total. The molecule has 0 radical (unpaired) electrons. The Balaban J connectivity index is 1.62. The largest absolute Gasteiger partial charge is 0.367 e. The van der Waals surface area contributed by atoms with Crippen LogP contribution in [0.25, 0.3) is 0 Å². The summed E-state index contributed by atoms with van der Waals surface area (Å²) in [4.78, 5) is 5.56. The van der Waals surface area contributed by atoms with Gasteiger partial charge in [-0.05, 0) is 42.7 Å². The van der Waals surface area contributed by atoms with Crippen molar-refractivity contribution in [2.24, 2.45) is 0 Å². The zero-order chi connectivity index (χ0) is 17.8. The predicted molar refractivity (Wildman–Crippen MR) is 105 cm³/mol. The van der Waals surface area contributed by atoms with Crippen LogP contribution in [-0.2, 0) is 0 Å². The van der Waals surface area contributed by atoms with Gasteiger partial charge in [-0.15, -0.1) is 11.8 Å². The standard InChI is InChI=1S/C18H19F2N3S2/c1-25-17-5-3-2-4-16(17)22-8-10-23(11-9-22)18(24)21-15-12-13(19)6-7-14(15)20/h2-7,12H,8-11H2,1H3,(H,21,24). The molecular formula is C18H19F2N3S2. The van der Waals surface area contributed by atoms with Crippen molar-refractivity contribution in [1.82, 2.24) is 4.90 Å². The maximum Gasteiger partial charge on any atom is 0.173 e. The number of thiocarbonyl (C=S) groups is 1. The first-order valence-electron chi connectivity index (χ1n) is 7.97. The lowest BCUT2D eigenvalue weighted by molar-refractivity contribution is 0.390. The molecule has 2 aromatic carbocycles. The van der Waals surface area contributed by atoms with Gasteiger partial charge in [-0.1, -0.05) is 12.1 Å². The molecule has 132 valence electrons. The van der Waals surface area contributed by atoms with Gasteiger partial charge >= 0.3 is 0 Å². The molecule has 0 saturated carbocycles. The fraction of sp³-hybridized carbons (Fsp3) is 0.278. The Kier molecular flexibility index (Phi) is 5.75. The quantitative estimate of drug-likeness (QED) is 0.634. The molecule has 1 N–H and O–H groups in total. The molecular weight excluding hydrogens is 360 g/mol. The van der Waals surface area contributed by atoms with Crippen molar-refractivity contribution >= 4 is 40.5 Å². The monoisotopic (exact) mass is 379 g/mol. The molecule has 1 aliphatic rings. The number of nitrogens with zero attached hydrogens (tertiary/aromatic N) is 2. The van der Waals surface area contributed by atoms with Gasteiger partial charge in [0.05, 0.1) is 11.4 Å². The number of anilines is 2. The highest BCUT2D eigenvalue weighted by molar-refractivity contribution is 7.98.